The van der Waals surface area contributed by atoms with Gasteiger partial charge < -0.3 is 14.9 Å². The Morgan fingerprint density at radius 1 is 1.00 bits per heavy atom. The van der Waals surface area contributed by atoms with Crippen molar-refractivity contribution in [1.82, 2.24) is 0 Å². The van der Waals surface area contributed by atoms with E-state index in [-0.39, 0.29) is 17.9 Å². The van der Waals surface area contributed by atoms with Crippen molar-refractivity contribution in [1.29, 1.82) is 0 Å². The molecule has 0 saturated carbocycles. The molecule has 0 saturated heterocycles. The van der Waals surface area contributed by atoms with Crippen molar-refractivity contribution < 1.29 is 28.2 Å². The number of sulfonamides is 1. The van der Waals surface area contributed by atoms with Crippen molar-refractivity contribution >= 4 is 27.8 Å². The summed E-state index contributed by atoms with van der Waals surface area (Å²) in [7, 11) is -3.70. The van der Waals surface area contributed by atoms with Crippen molar-refractivity contribution in [3.05, 3.63) is 96.1 Å². The first kappa shape index (κ1) is 24.0. The van der Waals surface area contributed by atoms with Crippen molar-refractivity contribution in [2.75, 3.05) is 11.3 Å². The highest BCUT2D eigenvalue weighted by Crippen LogP contribution is 2.21. The van der Waals surface area contributed by atoms with Crippen LogP contribution in [0.4, 0.5) is 5.69 Å². The average Bonchev–Trinajstić information content (AvgIpc) is 2.81. The lowest BCUT2D eigenvalue weighted by Crippen LogP contribution is -2.15. The lowest BCUT2D eigenvalue weighted by molar-refractivity contribution is -0.136. The minimum Gasteiger partial charge on any atom is -0.490 e. The number of aliphatic hydroxyl groups excluding tert-OH is 1. The highest BCUT2D eigenvalue weighted by Gasteiger charge is 2.13. The van der Waals surface area contributed by atoms with Gasteiger partial charge in [-0.3, -0.25) is 9.52 Å². The summed E-state index contributed by atoms with van der Waals surface area (Å²) < 4.78 is 33.2. The summed E-state index contributed by atoms with van der Waals surface area (Å²) in [4.78, 5) is 11.0. The number of ether oxygens (including phenoxy) is 1. The van der Waals surface area contributed by atoms with Crippen molar-refractivity contribution in [3.63, 3.8) is 0 Å². The fraction of sp³-hybridized carbons (Fsp3) is 0.160. The maximum Gasteiger partial charge on any atom is 0.303 e. The first-order chi connectivity index (χ1) is 15.8. The predicted molar refractivity (Wildman–Crippen MR) is 127 cm³/mol. The molecule has 0 spiro atoms. The van der Waals surface area contributed by atoms with Gasteiger partial charge in [-0.2, -0.15) is 0 Å². The number of nitrogens with one attached hydrogen (secondary N) is 1. The molecule has 0 fully saturated rings. The van der Waals surface area contributed by atoms with E-state index in [9.17, 15) is 18.3 Å². The molecule has 3 aromatic rings. The third-order valence-corrected chi connectivity index (χ3v) is 6.09. The van der Waals surface area contributed by atoms with Gasteiger partial charge in [0, 0.05) is 12.1 Å². The first-order valence-electron chi connectivity index (χ1n) is 10.3. The molecule has 0 aliphatic rings. The smallest absolute Gasteiger partial charge is 0.303 e. The van der Waals surface area contributed by atoms with Crippen LogP contribution in [-0.2, 0) is 21.2 Å². The summed E-state index contributed by atoms with van der Waals surface area (Å²) in [5.74, 6) is -0.357. The topological polar surface area (TPSA) is 113 Å². The number of carboxylic acids is 1. The van der Waals surface area contributed by atoms with Crippen molar-refractivity contribution in [2.45, 2.75) is 23.8 Å². The lowest BCUT2D eigenvalue weighted by atomic mass is 10.1. The molecule has 1 unspecified atom stereocenters. The third kappa shape index (κ3) is 7.48. The molecule has 7 nitrogen and oxygen atoms in total. The van der Waals surface area contributed by atoms with Gasteiger partial charge in [0.05, 0.1) is 4.90 Å². The zero-order valence-electron chi connectivity index (χ0n) is 17.8. The number of para-hydroxylation sites is 1. The van der Waals surface area contributed by atoms with Gasteiger partial charge >= 0.3 is 5.97 Å². The Hall–Kier alpha value is -3.62. The predicted octanol–water partition coefficient (Wildman–Crippen LogP) is 3.96. The zero-order chi connectivity index (χ0) is 23.7. The minimum absolute atomic E-state index is 0.00675. The van der Waals surface area contributed by atoms with Gasteiger partial charge in [0.1, 0.15) is 18.5 Å². The Morgan fingerprint density at radius 2 is 1.73 bits per heavy atom. The summed E-state index contributed by atoms with van der Waals surface area (Å²) in [6, 6.07) is 22.0. The van der Waals surface area contributed by atoms with E-state index in [2.05, 4.69) is 4.72 Å². The maximum atomic E-state index is 12.5. The van der Waals surface area contributed by atoms with Crippen LogP contribution in [0.2, 0.25) is 0 Å². The molecule has 1 atom stereocenters. The molecule has 0 heterocycles. The van der Waals surface area contributed by atoms with E-state index in [1.807, 2.05) is 0 Å². The first-order valence-corrected chi connectivity index (χ1v) is 11.8. The van der Waals surface area contributed by atoms with Crippen LogP contribution in [0.3, 0.4) is 0 Å². The molecule has 0 aliphatic carbocycles. The molecular formula is C25H25NO6S. The number of hydrogen-bond donors (Lipinski definition) is 3. The third-order valence-electron chi connectivity index (χ3n) is 4.69. The molecule has 172 valence electrons. The van der Waals surface area contributed by atoms with Gasteiger partial charge in [-0.1, -0.05) is 60.7 Å². The fourth-order valence-electron chi connectivity index (χ4n) is 3.07. The van der Waals surface area contributed by atoms with E-state index in [0.717, 1.165) is 5.56 Å². The largest absolute Gasteiger partial charge is 0.490 e. The normalized spacial score (nSPS) is 12.4. The van der Waals surface area contributed by atoms with Crippen molar-refractivity contribution in [3.8, 4) is 5.75 Å². The van der Waals surface area contributed by atoms with Crippen LogP contribution in [0, 0.1) is 0 Å². The number of rotatable bonds is 11. The van der Waals surface area contributed by atoms with E-state index in [1.165, 1.54) is 12.1 Å². The van der Waals surface area contributed by atoms with E-state index in [4.69, 9.17) is 9.84 Å². The highest BCUT2D eigenvalue weighted by molar-refractivity contribution is 7.92. The van der Waals surface area contributed by atoms with Gasteiger partial charge in [-0.25, -0.2) is 8.42 Å². The van der Waals surface area contributed by atoms with Crippen LogP contribution in [0.25, 0.3) is 6.08 Å². The number of hydrogen-bond acceptors (Lipinski definition) is 5. The maximum absolute atomic E-state index is 12.5. The zero-order valence-corrected chi connectivity index (χ0v) is 18.6. The number of benzene rings is 3. The molecule has 3 rings (SSSR count). The average molecular weight is 468 g/mol. The number of aryl methyl sites for hydroxylation is 1. The van der Waals surface area contributed by atoms with E-state index >= 15 is 0 Å². The molecule has 0 amide bonds. The van der Waals surface area contributed by atoms with Gasteiger partial charge in [-0.05, 0) is 47.9 Å². The second-order valence-electron chi connectivity index (χ2n) is 7.28. The van der Waals surface area contributed by atoms with Crippen LogP contribution in [0.1, 0.15) is 17.5 Å². The summed E-state index contributed by atoms with van der Waals surface area (Å²) in [5.41, 5.74) is 1.86. The van der Waals surface area contributed by atoms with Crippen LogP contribution in [-0.4, -0.2) is 37.3 Å². The Labute approximate surface area is 193 Å². The lowest BCUT2D eigenvalue weighted by Gasteiger charge is -2.13. The summed E-state index contributed by atoms with van der Waals surface area (Å²) in [5, 5.41) is 19.1. The Bertz CT molecular complexity index is 1210. The number of carbonyl (C=O) groups is 1. The molecule has 0 aromatic heterocycles. The van der Waals surface area contributed by atoms with Crippen LogP contribution < -0.4 is 9.46 Å². The van der Waals surface area contributed by atoms with E-state index in [1.54, 1.807) is 78.9 Å². The molecule has 33 heavy (non-hydrogen) atoms. The van der Waals surface area contributed by atoms with Crippen LogP contribution >= 0.6 is 0 Å². The van der Waals surface area contributed by atoms with Crippen LogP contribution in [0.15, 0.2) is 89.8 Å². The number of aliphatic hydroxyl groups is 1. The van der Waals surface area contributed by atoms with E-state index < -0.39 is 22.1 Å². The SMILES string of the molecule is O=C(O)CCc1ccccc1OCC(O)/C=C/c1cccc(NS(=O)(=O)c2ccccc2)c1. The molecule has 3 N–H and O–H groups in total. The van der Waals surface area contributed by atoms with Crippen LogP contribution in [0.5, 0.6) is 5.75 Å². The Morgan fingerprint density at radius 3 is 2.48 bits per heavy atom. The summed E-state index contributed by atoms with van der Waals surface area (Å²) >= 11 is 0. The standard InChI is InChI=1S/C25H25NO6S/c27-22(18-32-24-12-5-4-8-20(24)14-16-25(28)29)15-13-19-7-6-9-21(17-19)26-33(30,31)23-10-2-1-3-11-23/h1-13,15,17,22,26-27H,14,16,18H2,(H,28,29)/b15-13+. The quantitative estimate of drug-likeness (QED) is 0.393. The summed E-state index contributed by atoms with van der Waals surface area (Å²) in [6.07, 6.45) is 2.63. The fourth-order valence-corrected chi connectivity index (χ4v) is 4.14. The monoisotopic (exact) mass is 467 g/mol. The molecule has 0 radical (unpaired) electrons. The van der Waals surface area contributed by atoms with Gasteiger partial charge in [0.15, 0.2) is 0 Å². The molecule has 8 heteroatoms. The minimum atomic E-state index is -3.70. The van der Waals surface area contributed by atoms with Gasteiger partial charge in [-0.15, -0.1) is 0 Å². The molecule has 0 bridgehead atoms. The Balaban J connectivity index is 1.60. The second kappa shape index (κ2) is 11.3. The molecule has 3 aromatic carbocycles. The number of aliphatic carboxylic acids is 1. The molecular weight excluding hydrogens is 442 g/mol. The Kier molecular flexibility index (Phi) is 8.23. The van der Waals surface area contributed by atoms with E-state index in [0.29, 0.717) is 23.4 Å². The van der Waals surface area contributed by atoms with Crippen molar-refractivity contribution in [2.24, 2.45) is 0 Å². The number of anilines is 1. The summed E-state index contributed by atoms with van der Waals surface area (Å²) in [6.45, 7) is -0.0130. The van der Waals surface area contributed by atoms with Gasteiger partial charge in [0.25, 0.3) is 10.0 Å². The second-order valence-corrected chi connectivity index (χ2v) is 8.97. The molecule has 0 aliphatic heterocycles. The highest BCUT2D eigenvalue weighted by atomic mass is 32.2. The number of carboxylic acid groups (broad SMARTS) is 1. The van der Waals surface area contributed by atoms with Gasteiger partial charge in [0.2, 0.25) is 0 Å².